The lowest BCUT2D eigenvalue weighted by Gasteiger charge is -2.37. The fourth-order valence-corrected chi connectivity index (χ4v) is 3.16. The van der Waals surface area contributed by atoms with Gasteiger partial charge in [0, 0.05) is 24.8 Å². The molecule has 0 radical (unpaired) electrons. The number of methoxy groups -OCH3 is 1. The maximum Gasteiger partial charge on any atom is 0.305 e. The first kappa shape index (κ1) is 16.1. The van der Waals surface area contributed by atoms with Crippen LogP contribution in [-0.2, 0) is 16.0 Å². The van der Waals surface area contributed by atoms with Gasteiger partial charge in [0.2, 0.25) is 0 Å². The highest BCUT2D eigenvalue weighted by Gasteiger charge is 2.34. The minimum atomic E-state index is -0.168. The molecule has 4 heteroatoms. The molecule has 21 heavy (non-hydrogen) atoms. The maximum atomic E-state index is 11.1. The minimum Gasteiger partial charge on any atom is -0.469 e. The van der Waals surface area contributed by atoms with Gasteiger partial charge in [-0.3, -0.25) is 4.79 Å². The lowest BCUT2D eigenvalue weighted by Crippen LogP contribution is -2.26. The molecule has 0 bridgehead atoms. The summed E-state index contributed by atoms with van der Waals surface area (Å²) in [5.74, 6) is 2.11. The molecule has 0 aliphatic heterocycles. The number of carbonyl (C=O) groups excluding carboxylic acids is 1. The van der Waals surface area contributed by atoms with Crippen molar-refractivity contribution in [3.8, 4) is 0 Å². The van der Waals surface area contributed by atoms with Crippen molar-refractivity contribution in [3.63, 3.8) is 0 Å². The number of ether oxygens (including phenoxy) is 1. The van der Waals surface area contributed by atoms with Crippen molar-refractivity contribution >= 4 is 5.97 Å². The van der Waals surface area contributed by atoms with Gasteiger partial charge in [0.05, 0.1) is 12.8 Å². The smallest absolute Gasteiger partial charge is 0.305 e. The van der Waals surface area contributed by atoms with Gasteiger partial charge in [-0.25, -0.2) is 0 Å². The Kier molecular flexibility index (Phi) is 5.07. The third kappa shape index (κ3) is 4.87. The molecule has 1 saturated carbocycles. The highest BCUT2D eigenvalue weighted by Crippen LogP contribution is 2.46. The fraction of sp³-hybridized carbons (Fsp3) is 0.765. The van der Waals surface area contributed by atoms with Crippen molar-refractivity contribution in [1.82, 2.24) is 5.16 Å². The molecular formula is C17H27NO3. The van der Waals surface area contributed by atoms with Gasteiger partial charge < -0.3 is 9.26 Å². The molecule has 4 nitrogen and oxygen atoms in total. The SMILES string of the molecule is COC(=O)CCCc1cc(C2CC(CC(C)(C)C)C2)no1. The second-order valence-corrected chi connectivity index (χ2v) is 7.45. The quantitative estimate of drug-likeness (QED) is 0.741. The van der Waals surface area contributed by atoms with Gasteiger partial charge in [-0.15, -0.1) is 0 Å². The van der Waals surface area contributed by atoms with Crippen molar-refractivity contribution in [2.75, 3.05) is 7.11 Å². The summed E-state index contributed by atoms with van der Waals surface area (Å²) >= 11 is 0. The number of aromatic nitrogens is 1. The summed E-state index contributed by atoms with van der Waals surface area (Å²) in [4.78, 5) is 11.1. The Bertz CT molecular complexity index is 467. The van der Waals surface area contributed by atoms with Crippen LogP contribution in [0.25, 0.3) is 0 Å². The summed E-state index contributed by atoms with van der Waals surface area (Å²) in [5.41, 5.74) is 1.51. The molecule has 0 aromatic carbocycles. The van der Waals surface area contributed by atoms with Gasteiger partial charge in [-0.1, -0.05) is 25.9 Å². The van der Waals surface area contributed by atoms with Crippen molar-refractivity contribution in [2.24, 2.45) is 11.3 Å². The highest BCUT2D eigenvalue weighted by atomic mass is 16.5. The number of hydrogen-bond acceptors (Lipinski definition) is 4. The Hall–Kier alpha value is -1.32. The summed E-state index contributed by atoms with van der Waals surface area (Å²) in [5, 5.41) is 4.20. The van der Waals surface area contributed by atoms with Gasteiger partial charge in [0.15, 0.2) is 0 Å². The van der Waals surface area contributed by atoms with Crippen molar-refractivity contribution in [2.45, 2.75) is 65.2 Å². The zero-order chi connectivity index (χ0) is 15.5. The van der Waals surface area contributed by atoms with Gasteiger partial charge in [0.25, 0.3) is 0 Å². The van der Waals surface area contributed by atoms with Crippen LogP contribution in [0.4, 0.5) is 0 Å². The topological polar surface area (TPSA) is 52.3 Å². The molecule has 0 saturated heterocycles. The Morgan fingerprint density at radius 2 is 2.14 bits per heavy atom. The number of aryl methyl sites for hydroxylation is 1. The van der Waals surface area contributed by atoms with E-state index < -0.39 is 0 Å². The van der Waals surface area contributed by atoms with Gasteiger partial charge in [0.1, 0.15) is 5.76 Å². The zero-order valence-electron chi connectivity index (χ0n) is 13.6. The second-order valence-electron chi connectivity index (χ2n) is 7.45. The summed E-state index contributed by atoms with van der Waals surface area (Å²) < 4.78 is 10.00. The normalized spacial score (nSPS) is 21.9. The van der Waals surface area contributed by atoms with E-state index in [4.69, 9.17) is 4.52 Å². The van der Waals surface area contributed by atoms with Crippen molar-refractivity contribution in [3.05, 3.63) is 17.5 Å². The average molecular weight is 293 g/mol. The van der Waals surface area contributed by atoms with E-state index in [2.05, 4.69) is 36.7 Å². The fourth-order valence-electron chi connectivity index (χ4n) is 3.16. The molecule has 0 amide bonds. The lowest BCUT2D eigenvalue weighted by molar-refractivity contribution is -0.140. The maximum absolute atomic E-state index is 11.1. The third-order valence-electron chi connectivity index (χ3n) is 4.16. The zero-order valence-corrected chi connectivity index (χ0v) is 13.6. The van der Waals surface area contributed by atoms with Crippen LogP contribution in [0.2, 0.25) is 0 Å². The number of carbonyl (C=O) groups is 1. The predicted octanol–water partition coefficient (Wildman–Crippen LogP) is 4.10. The van der Waals surface area contributed by atoms with Crippen LogP contribution in [0, 0.1) is 11.3 Å². The summed E-state index contributed by atoms with van der Waals surface area (Å²) in [7, 11) is 1.42. The number of rotatable bonds is 6. The first-order chi connectivity index (χ1) is 9.87. The highest BCUT2D eigenvalue weighted by molar-refractivity contribution is 5.69. The Balaban J connectivity index is 1.73. The van der Waals surface area contributed by atoms with E-state index in [-0.39, 0.29) is 5.97 Å². The minimum absolute atomic E-state index is 0.168. The molecule has 2 rings (SSSR count). The Morgan fingerprint density at radius 1 is 1.43 bits per heavy atom. The molecule has 0 unspecified atom stereocenters. The van der Waals surface area contributed by atoms with Crippen LogP contribution in [0.1, 0.15) is 70.2 Å². The number of hydrogen-bond donors (Lipinski definition) is 0. The third-order valence-corrected chi connectivity index (χ3v) is 4.16. The average Bonchev–Trinajstić information content (AvgIpc) is 2.80. The molecule has 118 valence electrons. The van der Waals surface area contributed by atoms with Crippen LogP contribution in [0.3, 0.4) is 0 Å². The monoisotopic (exact) mass is 293 g/mol. The van der Waals surface area contributed by atoms with E-state index in [0.29, 0.717) is 17.8 Å². The van der Waals surface area contributed by atoms with E-state index in [9.17, 15) is 4.79 Å². The van der Waals surface area contributed by atoms with E-state index in [0.717, 1.165) is 30.2 Å². The molecule has 1 aliphatic carbocycles. The van der Waals surface area contributed by atoms with Crippen molar-refractivity contribution in [1.29, 1.82) is 0 Å². The Morgan fingerprint density at radius 3 is 2.76 bits per heavy atom. The molecule has 0 atom stereocenters. The van der Waals surface area contributed by atoms with Gasteiger partial charge in [-0.05, 0) is 37.0 Å². The van der Waals surface area contributed by atoms with E-state index >= 15 is 0 Å². The van der Waals surface area contributed by atoms with Crippen LogP contribution >= 0.6 is 0 Å². The molecule has 0 spiro atoms. The Labute approximate surface area is 127 Å². The molecule has 0 N–H and O–H groups in total. The number of nitrogens with zero attached hydrogens (tertiary/aromatic N) is 1. The summed E-state index contributed by atoms with van der Waals surface area (Å²) in [6.45, 7) is 6.90. The molecule has 1 aromatic rings. The van der Waals surface area contributed by atoms with Crippen LogP contribution in [-0.4, -0.2) is 18.2 Å². The van der Waals surface area contributed by atoms with Gasteiger partial charge in [-0.2, -0.15) is 0 Å². The number of esters is 1. The van der Waals surface area contributed by atoms with Crippen LogP contribution in [0.5, 0.6) is 0 Å². The van der Waals surface area contributed by atoms with E-state index in [1.54, 1.807) is 0 Å². The van der Waals surface area contributed by atoms with E-state index in [1.165, 1.54) is 26.4 Å². The second kappa shape index (κ2) is 6.63. The molecule has 1 aromatic heterocycles. The van der Waals surface area contributed by atoms with Crippen LogP contribution in [0.15, 0.2) is 10.6 Å². The largest absolute Gasteiger partial charge is 0.469 e. The molecular weight excluding hydrogens is 266 g/mol. The summed E-state index contributed by atoms with van der Waals surface area (Å²) in [6.07, 6.45) is 5.67. The predicted molar refractivity (Wildman–Crippen MR) is 81.0 cm³/mol. The molecule has 1 heterocycles. The molecule has 1 fully saturated rings. The van der Waals surface area contributed by atoms with Gasteiger partial charge >= 0.3 is 5.97 Å². The lowest BCUT2D eigenvalue weighted by atomic mass is 9.67. The van der Waals surface area contributed by atoms with Crippen LogP contribution < -0.4 is 0 Å². The first-order valence-corrected chi connectivity index (χ1v) is 7.89. The first-order valence-electron chi connectivity index (χ1n) is 7.89. The summed E-state index contributed by atoms with van der Waals surface area (Å²) in [6, 6.07) is 2.06. The van der Waals surface area contributed by atoms with E-state index in [1.807, 2.05) is 0 Å². The molecule has 1 aliphatic rings. The standard InChI is InChI=1S/C17H27NO3/c1-17(2,3)11-12-8-13(9-12)15-10-14(21-18-15)6-5-7-16(19)20-4/h10,12-13H,5-9,11H2,1-4H3. The van der Waals surface area contributed by atoms with Crippen molar-refractivity contribution < 1.29 is 14.1 Å².